The Balaban J connectivity index is 2.23. The van der Waals surface area contributed by atoms with Crippen molar-refractivity contribution in [2.24, 2.45) is 0 Å². The molecule has 0 unspecified atom stereocenters. The molecule has 0 saturated carbocycles. The molecule has 7 nitrogen and oxygen atoms in total. The van der Waals surface area contributed by atoms with Crippen molar-refractivity contribution in [3.63, 3.8) is 0 Å². The molecule has 0 aliphatic rings. The number of esters is 1. The van der Waals surface area contributed by atoms with Crippen LogP contribution in [0.1, 0.15) is 21.5 Å². The fourth-order valence-corrected chi connectivity index (χ4v) is 1.89. The van der Waals surface area contributed by atoms with E-state index in [4.69, 9.17) is 0 Å². The Bertz CT molecular complexity index is 764. The summed E-state index contributed by atoms with van der Waals surface area (Å²) >= 11 is 0. The average Bonchev–Trinajstić information content (AvgIpc) is 2.55. The van der Waals surface area contributed by atoms with E-state index in [0.717, 1.165) is 6.07 Å². The van der Waals surface area contributed by atoms with Gasteiger partial charge in [-0.05, 0) is 24.1 Å². The minimum atomic E-state index is -0.715. The summed E-state index contributed by atoms with van der Waals surface area (Å²) in [7, 11) is 1.17. The van der Waals surface area contributed by atoms with Gasteiger partial charge in [-0.3, -0.25) is 10.1 Å². The van der Waals surface area contributed by atoms with Crippen LogP contribution in [0, 0.1) is 22.9 Å². The maximum absolute atomic E-state index is 13.5. The summed E-state index contributed by atoms with van der Waals surface area (Å²) in [5.41, 5.74) is 0.744. The van der Waals surface area contributed by atoms with Gasteiger partial charge in [-0.1, -0.05) is 12.1 Å². The van der Waals surface area contributed by atoms with E-state index in [1.807, 2.05) is 0 Å². The highest BCUT2D eigenvalue weighted by atomic mass is 19.1. The first kappa shape index (κ1) is 16.3. The van der Waals surface area contributed by atoms with Crippen LogP contribution in [0.15, 0.2) is 30.5 Å². The molecule has 0 aliphatic carbocycles. The molecule has 0 bridgehead atoms. The van der Waals surface area contributed by atoms with Crippen LogP contribution < -0.4 is 5.32 Å². The van der Waals surface area contributed by atoms with Crippen LogP contribution in [-0.4, -0.2) is 23.0 Å². The first-order chi connectivity index (χ1) is 10.9. The van der Waals surface area contributed by atoms with E-state index in [-0.39, 0.29) is 29.4 Å². The normalized spacial score (nSPS) is 10.2. The quantitative estimate of drug-likeness (QED) is 0.517. The molecule has 2 aromatic rings. The predicted molar refractivity (Wildman–Crippen MR) is 80.7 cm³/mol. The van der Waals surface area contributed by atoms with Crippen LogP contribution in [-0.2, 0) is 11.3 Å². The third kappa shape index (κ3) is 3.79. The maximum atomic E-state index is 13.5. The number of anilines is 1. The molecule has 1 aromatic carbocycles. The number of benzene rings is 1. The third-order valence-electron chi connectivity index (χ3n) is 3.18. The molecule has 2 rings (SSSR count). The number of nitrogens with one attached hydrogen (secondary N) is 1. The Labute approximate surface area is 131 Å². The fourth-order valence-electron chi connectivity index (χ4n) is 1.89. The minimum Gasteiger partial charge on any atom is -0.465 e. The molecule has 0 radical (unpaired) electrons. The molecular formula is C15H14FN3O4. The molecule has 1 heterocycles. The zero-order valence-corrected chi connectivity index (χ0v) is 12.5. The molecule has 1 aromatic heterocycles. The van der Waals surface area contributed by atoms with E-state index < -0.39 is 10.9 Å². The van der Waals surface area contributed by atoms with Crippen LogP contribution in [0.5, 0.6) is 0 Å². The van der Waals surface area contributed by atoms with Gasteiger partial charge in [0.1, 0.15) is 5.82 Å². The SMILES string of the molecule is COC(=O)c1cnc(NCc2ccc(C)c(F)c2)c([N+](=O)[O-])c1. The summed E-state index contributed by atoms with van der Waals surface area (Å²) in [6, 6.07) is 5.75. The fraction of sp³-hybridized carbons (Fsp3) is 0.200. The van der Waals surface area contributed by atoms with Crippen molar-refractivity contribution in [1.29, 1.82) is 0 Å². The number of halogens is 1. The number of methoxy groups -OCH3 is 1. The van der Waals surface area contributed by atoms with Crippen molar-refractivity contribution in [2.45, 2.75) is 13.5 Å². The van der Waals surface area contributed by atoms with Crippen molar-refractivity contribution in [3.8, 4) is 0 Å². The van der Waals surface area contributed by atoms with Gasteiger partial charge in [0.15, 0.2) is 0 Å². The Morgan fingerprint density at radius 3 is 2.78 bits per heavy atom. The number of carbonyl (C=O) groups is 1. The van der Waals surface area contributed by atoms with Crippen molar-refractivity contribution in [1.82, 2.24) is 4.98 Å². The first-order valence-electron chi connectivity index (χ1n) is 6.64. The number of nitrogens with zero attached hydrogens (tertiary/aromatic N) is 2. The van der Waals surface area contributed by atoms with Crippen molar-refractivity contribution in [2.75, 3.05) is 12.4 Å². The van der Waals surface area contributed by atoms with Crippen molar-refractivity contribution >= 4 is 17.5 Å². The van der Waals surface area contributed by atoms with Crippen molar-refractivity contribution < 1.29 is 18.8 Å². The second kappa shape index (κ2) is 6.82. The molecule has 0 spiro atoms. The zero-order chi connectivity index (χ0) is 17.0. The van der Waals surface area contributed by atoms with Gasteiger partial charge in [-0.25, -0.2) is 14.2 Å². The summed E-state index contributed by atoms with van der Waals surface area (Å²) in [6.07, 6.45) is 1.18. The molecule has 120 valence electrons. The van der Waals surface area contributed by atoms with Crippen LogP contribution >= 0.6 is 0 Å². The van der Waals surface area contributed by atoms with Gasteiger partial charge in [0.25, 0.3) is 0 Å². The van der Waals surface area contributed by atoms with Crippen LogP contribution in [0.2, 0.25) is 0 Å². The van der Waals surface area contributed by atoms with Crippen LogP contribution in [0.3, 0.4) is 0 Å². The van der Waals surface area contributed by atoms with E-state index in [2.05, 4.69) is 15.0 Å². The predicted octanol–water partition coefficient (Wildman–Crippen LogP) is 2.84. The van der Waals surface area contributed by atoms with Crippen molar-refractivity contribution in [3.05, 3.63) is 63.1 Å². The van der Waals surface area contributed by atoms with Gasteiger partial charge >= 0.3 is 11.7 Å². The number of nitro groups is 1. The minimum absolute atomic E-state index is 0.0105. The number of aromatic nitrogens is 1. The summed E-state index contributed by atoms with van der Waals surface area (Å²) in [5.74, 6) is -1.08. The molecule has 0 aliphatic heterocycles. The van der Waals surface area contributed by atoms with Gasteiger partial charge in [0.2, 0.25) is 5.82 Å². The highest BCUT2D eigenvalue weighted by Crippen LogP contribution is 2.24. The monoisotopic (exact) mass is 319 g/mol. The highest BCUT2D eigenvalue weighted by molar-refractivity contribution is 5.90. The molecule has 0 amide bonds. The topological polar surface area (TPSA) is 94.4 Å². The lowest BCUT2D eigenvalue weighted by Crippen LogP contribution is -2.08. The van der Waals surface area contributed by atoms with Gasteiger partial charge in [-0.2, -0.15) is 0 Å². The Morgan fingerprint density at radius 1 is 1.43 bits per heavy atom. The lowest BCUT2D eigenvalue weighted by Gasteiger charge is -2.08. The zero-order valence-electron chi connectivity index (χ0n) is 12.5. The van der Waals surface area contributed by atoms with E-state index in [1.54, 1.807) is 19.1 Å². The molecule has 0 fully saturated rings. The summed E-state index contributed by atoms with van der Waals surface area (Å²) in [6.45, 7) is 1.80. The molecular weight excluding hydrogens is 305 g/mol. The van der Waals surface area contributed by atoms with Crippen LogP contribution in [0.4, 0.5) is 15.9 Å². The highest BCUT2D eigenvalue weighted by Gasteiger charge is 2.19. The summed E-state index contributed by atoms with van der Waals surface area (Å²) < 4.78 is 18.0. The smallest absolute Gasteiger partial charge is 0.339 e. The number of aryl methyl sites for hydroxylation is 1. The standard InChI is InChI=1S/C15H14FN3O4/c1-9-3-4-10(5-12(9)16)7-17-14-13(19(21)22)6-11(8-18-14)15(20)23-2/h3-6,8H,7H2,1-2H3,(H,17,18). The number of hydrogen-bond acceptors (Lipinski definition) is 6. The number of ether oxygens (including phenoxy) is 1. The molecule has 0 atom stereocenters. The van der Waals surface area contributed by atoms with E-state index in [0.29, 0.717) is 11.1 Å². The molecule has 23 heavy (non-hydrogen) atoms. The molecule has 8 heteroatoms. The van der Waals surface area contributed by atoms with E-state index in [1.165, 1.54) is 19.4 Å². The van der Waals surface area contributed by atoms with E-state index in [9.17, 15) is 19.3 Å². The molecule has 1 N–H and O–H groups in total. The lowest BCUT2D eigenvalue weighted by molar-refractivity contribution is -0.384. The third-order valence-corrected chi connectivity index (χ3v) is 3.18. The Kier molecular flexibility index (Phi) is 4.85. The summed E-state index contributed by atoms with van der Waals surface area (Å²) in [5, 5.41) is 13.9. The second-order valence-electron chi connectivity index (χ2n) is 4.78. The average molecular weight is 319 g/mol. The van der Waals surface area contributed by atoms with Gasteiger partial charge in [0, 0.05) is 18.8 Å². The lowest BCUT2D eigenvalue weighted by atomic mass is 10.1. The Hall–Kier alpha value is -3.03. The maximum Gasteiger partial charge on any atom is 0.339 e. The van der Waals surface area contributed by atoms with Gasteiger partial charge < -0.3 is 10.1 Å². The number of carbonyl (C=O) groups excluding carboxylic acids is 1. The number of rotatable bonds is 5. The first-order valence-corrected chi connectivity index (χ1v) is 6.64. The van der Waals surface area contributed by atoms with E-state index >= 15 is 0 Å². The second-order valence-corrected chi connectivity index (χ2v) is 4.78. The number of hydrogen-bond donors (Lipinski definition) is 1. The number of pyridine rings is 1. The molecule has 0 saturated heterocycles. The summed E-state index contributed by atoms with van der Waals surface area (Å²) in [4.78, 5) is 25.7. The van der Waals surface area contributed by atoms with Crippen LogP contribution in [0.25, 0.3) is 0 Å². The largest absolute Gasteiger partial charge is 0.465 e. The Morgan fingerprint density at radius 2 is 2.17 bits per heavy atom. The van der Waals surface area contributed by atoms with Gasteiger partial charge in [-0.15, -0.1) is 0 Å². The van der Waals surface area contributed by atoms with Gasteiger partial charge in [0.05, 0.1) is 17.6 Å².